The number of urea groups is 1. The molecule has 0 saturated carbocycles. The number of carbonyl (C=O) groups excluding carboxylic acids is 4. The molecule has 1 aromatic carbocycles. The van der Waals surface area contributed by atoms with Crippen LogP contribution in [0.25, 0.3) is 11.0 Å². The van der Waals surface area contributed by atoms with Crippen LogP contribution in [-0.4, -0.2) is 81.5 Å². The Hall–Kier alpha value is -4.32. The van der Waals surface area contributed by atoms with Crippen molar-refractivity contribution >= 4 is 40.5 Å². The molecule has 178 valence electrons. The van der Waals surface area contributed by atoms with E-state index in [0.717, 1.165) is 53.0 Å². The summed E-state index contributed by atoms with van der Waals surface area (Å²) >= 11 is 0. The predicted octanol–water partition coefficient (Wildman–Crippen LogP) is 0.998. The lowest BCUT2D eigenvalue weighted by Gasteiger charge is -2.34. The lowest BCUT2D eigenvalue weighted by Crippen LogP contribution is -2.58. The van der Waals surface area contributed by atoms with Crippen LogP contribution in [0.2, 0.25) is 0 Å². The Morgan fingerprint density at radius 1 is 0.943 bits per heavy atom. The van der Waals surface area contributed by atoms with Crippen LogP contribution in [0.3, 0.4) is 0 Å². The van der Waals surface area contributed by atoms with Gasteiger partial charge in [0.05, 0.1) is 23.1 Å². The zero-order valence-electron chi connectivity index (χ0n) is 18.6. The van der Waals surface area contributed by atoms with Crippen LogP contribution in [0.4, 0.5) is 10.6 Å². The maximum Gasteiger partial charge on any atom is 0.343 e. The Balaban J connectivity index is 1.13. The number of nitrogens with one attached hydrogen (secondary N) is 1. The molecule has 35 heavy (non-hydrogen) atoms. The molecule has 2 fully saturated rings. The highest BCUT2D eigenvalue weighted by atomic mass is 16.5. The SMILES string of the molecule is O=C1CCN(N2C(=O)c3ccc(CN4CCN(c5noc6ccncc56)CC4)cc3C2=O)C(=O)N1. The average Bonchev–Trinajstić information content (AvgIpc) is 3.39. The molecule has 6 rings (SSSR count). The molecular formula is C23H21N7O5. The average molecular weight is 475 g/mol. The van der Waals surface area contributed by atoms with E-state index in [1.165, 1.54) is 0 Å². The molecule has 2 saturated heterocycles. The van der Waals surface area contributed by atoms with Gasteiger partial charge in [0.2, 0.25) is 5.91 Å². The largest absolute Gasteiger partial charge is 0.354 e. The smallest absolute Gasteiger partial charge is 0.343 e. The Labute approximate surface area is 199 Å². The Kier molecular flexibility index (Phi) is 4.95. The van der Waals surface area contributed by atoms with Gasteiger partial charge in [-0.25, -0.2) is 9.80 Å². The molecule has 2 aromatic heterocycles. The molecule has 12 heteroatoms. The van der Waals surface area contributed by atoms with Crippen molar-refractivity contribution in [3.63, 3.8) is 0 Å². The van der Waals surface area contributed by atoms with Crippen LogP contribution in [0.1, 0.15) is 32.7 Å². The van der Waals surface area contributed by atoms with Crippen LogP contribution in [0.15, 0.2) is 41.2 Å². The molecular weight excluding hydrogens is 454 g/mol. The van der Waals surface area contributed by atoms with Crippen LogP contribution >= 0.6 is 0 Å². The fraction of sp³-hybridized carbons (Fsp3) is 0.304. The van der Waals surface area contributed by atoms with Gasteiger partial charge in [0.25, 0.3) is 11.8 Å². The molecule has 3 aromatic rings. The fourth-order valence-corrected chi connectivity index (χ4v) is 4.71. The molecule has 0 radical (unpaired) electrons. The normalized spacial score (nSPS) is 19.0. The number of carbonyl (C=O) groups is 4. The molecule has 0 atom stereocenters. The third kappa shape index (κ3) is 3.58. The molecule has 3 aliphatic heterocycles. The maximum absolute atomic E-state index is 13.0. The van der Waals surface area contributed by atoms with Crippen molar-refractivity contribution in [2.24, 2.45) is 0 Å². The standard InChI is InChI=1S/C23H21N7O5/c31-19-4-6-29(23(34)25-19)30-21(32)15-2-1-14(11-16(15)22(30)33)13-27-7-9-28(10-8-27)20-17-12-24-5-3-18(17)35-26-20/h1-3,5,11-12H,4,6-10,13H2,(H,25,31,34). The number of hydrazine groups is 1. The molecule has 5 amide bonds. The van der Waals surface area contributed by atoms with Crippen molar-refractivity contribution < 1.29 is 23.7 Å². The number of nitrogens with zero attached hydrogens (tertiary/aromatic N) is 6. The maximum atomic E-state index is 13.0. The van der Waals surface area contributed by atoms with Gasteiger partial charge in [-0.15, -0.1) is 0 Å². The monoisotopic (exact) mass is 475 g/mol. The lowest BCUT2D eigenvalue weighted by molar-refractivity contribution is -0.122. The molecule has 0 bridgehead atoms. The van der Waals surface area contributed by atoms with E-state index in [-0.39, 0.29) is 24.1 Å². The van der Waals surface area contributed by atoms with Crippen LogP contribution in [0.5, 0.6) is 0 Å². The highest BCUT2D eigenvalue weighted by Crippen LogP contribution is 2.28. The van der Waals surface area contributed by atoms with E-state index < -0.39 is 23.8 Å². The highest BCUT2D eigenvalue weighted by Gasteiger charge is 2.43. The van der Waals surface area contributed by atoms with Crippen molar-refractivity contribution in [3.8, 4) is 0 Å². The third-order valence-corrected chi connectivity index (χ3v) is 6.53. The summed E-state index contributed by atoms with van der Waals surface area (Å²) in [4.78, 5) is 58.1. The zero-order chi connectivity index (χ0) is 24.1. The van der Waals surface area contributed by atoms with Gasteiger partial charge in [-0.3, -0.25) is 29.6 Å². The Morgan fingerprint density at radius 3 is 2.54 bits per heavy atom. The topological polar surface area (TPSA) is 132 Å². The van der Waals surface area contributed by atoms with Crippen LogP contribution < -0.4 is 10.2 Å². The summed E-state index contributed by atoms with van der Waals surface area (Å²) in [6.07, 6.45) is 3.45. The molecule has 1 N–H and O–H groups in total. The summed E-state index contributed by atoms with van der Waals surface area (Å²) in [5, 5.41) is 9.05. The lowest BCUT2D eigenvalue weighted by atomic mass is 10.1. The summed E-state index contributed by atoms with van der Waals surface area (Å²) in [7, 11) is 0. The van der Waals surface area contributed by atoms with Crippen molar-refractivity contribution in [1.82, 2.24) is 30.4 Å². The van der Waals surface area contributed by atoms with E-state index in [9.17, 15) is 19.2 Å². The van der Waals surface area contributed by atoms with E-state index >= 15 is 0 Å². The number of benzene rings is 1. The van der Waals surface area contributed by atoms with Gasteiger partial charge in [0, 0.05) is 57.6 Å². The quantitative estimate of drug-likeness (QED) is 0.549. The van der Waals surface area contributed by atoms with Crippen LogP contribution in [0, 0.1) is 0 Å². The van der Waals surface area contributed by atoms with E-state index in [2.05, 4.69) is 25.3 Å². The first-order chi connectivity index (χ1) is 17.0. The minimum Gasteiger partial charge on any atom is -0.354 e. The van der Waals surface area contributed by atoms with E-state index in [0.29, 0.717) is 12.1 Å². The number of amides is 5. The number of hydrogen-bond acceptors (Lipinski definition) is 9. The van der Waals surface area contributed by atoms with Crippen molar-refractivity contribution in [2.75, 3.05) is 37.6 Å². The first-order valence-corrected chi connectivity index (χ1v) is 11.3. The molecule has 5 heterocycles. The van der Waals surface area contributed by atoms with Gasteiger partial charge >= 0.3 is 6.03 Å². The van der Waals surface area contributed by atoms with Gasteiger partial charge in [-0.1, -0.05) is 11.2 Å². The number of anilines is 1. The molecule has 0 aliphatic carbocycles. The van der Waals surface area contributed by atoms with Gasteiger partial charge in [-0.2, -0.15) is 5.01 Å². The number of fused-ring (bicyclic) bond motifs is 2. The minimum atomic E-state index is -0.774. The summed E-state index contributed by atoms with van der Waals surface area (Å²) < 4.78 is 5.40. The predicted molar refractivity (Wildman–Crippen MR) is 121 cm³/mol. The fourth-order valence-electron chi connectivity index (χ4n) is 4.71. The van der Waals surface area contributed by atoms with Crippen molar-refractivity contribution in [2.45, 2.75) is 13.0 Å². The van der Waals surface area contributed by atoms with Crippen LogP contribution in [-0.2, 0) is 11.3 Å². The number of pyridine rings is 1. The minimum absolute atomic E-state index is 0.0237. The van der Waals surface area contributed by atoms with E-state index in [1.54, 1.807) is 30.6 Å². The van der Waals surface area contributed by atoms with Gasteiger partial charge in [0.1, 0.15) is 0 Å². The molecule has 3 aliphatic rings. The number of piperazine rings is 1. The summed E-state index contributed by atoms with van der Waals surface area (Å²) in [6, 6.07) is 6.19. The third-order valence-electron chi connectivity index (χ3n) is 6.53. The Morgan fingerprint density at radius 2 is 1.74 bits per heavy atom. The number of imide groups is 2. The molecule has 0 spiro atoms. The number of hydrogen-bond donors (Lipinski definition) is 1. The Bertz CT molecular complexity index is 1380. The second-order valence-corrected chi connectivity index (χ2v) is 8.67. The second kappa shape index (κ2) is 8.17. The van der Waals surface area contributed by atoms with E-state index in [1.807, 2.05) is 6.07 Å². The summed E-state index contributed by atoms with van der Waals surface area (Å²) in [5.74, 6) is -0.770. The zero-order valence-corrected chi connectivity index (χ0v) is 18.6. The summed E-state index contributed by atoms with van der Waals surface area (Å²) in [6.45, 7) is 3.68. The van der Waals surface area contributed by atoms with Crippen molar-refractivity contribution in [1.29, 1.82) is 0 Å². The summed E-state index contributed by atoms with van der Waals surface area (Å²) in [5.41, 5.74) is 2.12. The number of rotatable bonds is 4. The van der Waals surface area contributed by atoms with Crippen molar-refractivity contribution in [3.05, 3.63) is 53.3 Å². The first-order valence-electron chi connectivity index (χ1n) is 11.3. The molecule has 12 nitrogen and oxygen atoms in total. The van der Waals surface area contributed by atoms with Gasteiger partial charge in [-0.05, 0) is 17.7 Å². The van der Waals surface area contributed by atoms with Gasteiger partial charge in [0.15, 0.2) is 11.4 Å². The van der Waals surface area contributed by atoms with E-state index in [4.69, 9.17) is 4.52 Å². The van der Waals surface area contributed by atoms with Gasteiger partial charge < -0.3 is 9.42 Å². The number of aromatic nitrogens is 2. The first kappa shape index (κ1) is 21.2. The second-order valence-electron chi connectivity index (χ2n) is 8.67. The highest BCUT2D eigenvalue weighted by molar-refractivity contribution is 6.22. The molecule has 0 unspecified atom stereocenters.